The van der Waals surface area contributed by atoms with E-state index in [4.69, 9.17) is 10.9 Å². The average molecular weight is 261 g/mol. The van der Waals surface area contributed by atoms with Gasteiger partial charge in [-0.3, -0.25) is 0 Å². The fourth-order valence-electron chi connectivity index (χ4n) is 1.38. The number of nitrogens with one attached hydrogen (secondary N) is 1. The molecular formula is C12H27N3OS. The Morgan fingerprint density at radius 2 is 1.94 bits per heavy atom. The molecule has 102 valence electrons. The van der Waals surface area contributed by atoms with Crippen LogP contribution in [0.4, 0.5) is 0 Å². The third-order valence-corrected chi connectivity index (χ3v) is 4.31. The van der Waals surface area contributed by atoms with Crippen molar-refractivity contribution in [2.75, 3.05) is 19.3 Å². The predicted molar refractivity (Wildman–Crippen MR) is 76.9 cm³/mol. The van der Waals surface area contributed by atoms with E-state index >= 15 is 0 Å². The molecule has 0 radical (unpaired) electrons. The SMILES string of the molecule is CSC(C)(C)CNCCCC(C)(C)C(N)=NO. The second-order valence-electron chi connectivity index (χ2n) is 5.61. The summed E-state index contributed by atoms with van der Waals surface area (Å²) in [4.78, 5) is 0. The average Bonchev–Trinajstić information content (AvgIpc) is 2.27. The molecule has 0 bridgehead atoms. The number of hydrogen-bond donors (Lipinski definition) is 3. The Hall–Kier alpha value is -0.420. The van der Waals surface area contributed by atoms with Gasteiger partial charge in [0.25, 0.3) is 0 Å². The highest BCUT2D eigenvalue weighted by Crippen LogP contribution is 2.22. The highest BCUT2D eigenvalue weighted by Gasteiger charge is 2.23. The molecule has 0 aromatic rings. The first kappa shape index (κ1) is 16.6. The van der Waals surface area contributed by atoms with E-state index in [9.17, 15) is 0 Å². The highest BCUT2D eigenvalue weighted by molar-refractivity contribution is 7.99. The maximum absolute atomic E-state index is 8.66. The fourth-order valence-corrected chi connectivity index (χ4v) is 1.63. The smallest absolute Gasteiger partial charge is 0.144 e. The summed E-state index contributed by atoms with van der Waals surface area (Å²) in [6, 6.07) is 0. The van der Waals surface area contributed by atoms with Crippen LogP contribution in [0.25, 0.3) is 0 Å². The molecule has 0 aromatic carbocycles. The zero-order valence-corrected chi connectivity index (χ0v) is 12.5. The van der Waals surface area contributed by atoms with E-state index in [1.807, 2.05) is 25.6 Å². The predicted octanol–water partition coefficient (Wildman–Crippen LogP) is 2.27. The molecule has 0 unspecified atom stereocenters. The van der Waals surface area contributed by atoms with E-state index in [-0.39, 0.29) is 10.2 Å². The Balaban J connectivity index is 3.79. The molecule has 4 nitrogen and oxygen atoms in total. The van der Waals surface area contributed by atoms with Gasteiger partial charge in [0.05, 0.1) is 0 Å². The van der Waals surface area contributed by atoms with E-state index in [2.05, 4.69) is 30.6 Å². The normalized spacial score (nSPS) is 14.1. The largest absolute Gasteiger partial charge is 0.409 e. The van der Waals surface area contributed by atoms with Gasteiger partial charge in [-0.05, 0) is 39.5 Å². The summed E-state index contributed by atoms with van der Waals surface area (Å²) >= 11 is 1.86. The molecule has 0 aliphatic carbocycles. The summed E-state index contributed by atoms with van der Waals surface area (Å²) in [5.41, 5.74) is 5.40. The van der Waals surface area contributed by atoms with Gasteiger partial charge in [-0.25, -0.2) is 0 Å². The summed E-state index contributed by atoms with van der Waals surface area (Å²) in [6.07, 6.45) is 4.06. The number of nitrogens with zero attached hydrogens (tertiary/aromatic N) is 1. The monoisotopic (exact) mass is 261 g/mol. The minimum atomic E-state index is -0.231. The molecular weight excluding hydrogens is 234 g/mol. The quantitative estimate of drug-likeness (QED) is 0.206. The maximum Gasteiger partial charge on any atom is 0.144 e. The lowest BCUT2D eigenvalue weighted by atomic mass is 9.86. The molecule has 0 saturated carbocycles. The second kappa shape index (κ2) is 7.11. The van der Waals surface area contributed by atoms with Gasteiger partial charge in [0.15, 0.2) is 0 Å². The van der Waals surface area contributed by atoms with Crippen LogP contribution >= 0.6 is 11.8 Å². The Kier molecular flexibility index (Phi) is 6.94. The van der Waals surface area contributed by atoms with Crippen molar-refractivity contribution >= 4 is 17.6 Å². The number of rotatable bonds is 8. The Labute approximate surface area is 109 Å². The zero-order valence-electron chi connectivity index (χ0n) is 11.7. The number of amidine groups is 1. The van der Waals surface area contributed by atoms with Crippen molar-refractivity contribution in [3.05, 3.63) is 0 Å². The van der Waals surface area contributed by atoms with Crippen molar-refractivity contribution in [1.29, 1.82) is 0 Å². The van der Waals surface area contributed by atoms with Gasteiger partial charge in [-0.15, -0.1) is 0 Å². The zero-order chi connectivity index (χ0) is 13.5. The molecule has 0 fully saturated rings. The van der Waals surface area contributed by atoms with Crippen LogP contribution in [0.1, 0.15) is 40.5 Å². The highest BCUT2D eigenvalue weighted by atomic mass is 32.2. The molecule has 0 saturated heterocycles. The van der Waals surface area contributed by atoms with Crippen LogP contribution in [0, 0.1) is 5.41 Å². The first-order valence-corrected chi connectivity index (χ1v) is 7.21. The molecule has 0 atom stereocenters. The molecule has 0 spiro atoms. The molecule has 17 heavy (non-hydrogen) atoms. The van der Waals surface area contributed by atoms with Crippen molar-refractivity contribution in [2.24, 2.45) is 16.3 Å². The summed E-state index contributed by atoms with van der Waals surface area (Å²) in [6.45, 7) is 10.4. The Bertz CT molecular complexity index is 252. The lowest BCUT2D eigenvalue weighted by Crippen LogP contribution is -2.35. The molecule has 0 amide bonds. The van der Waals surface area contributed by atoms with Gasteiger partial charge in [-0.1, -0.05) is 19.0 Å². The third-order valence-electron chi connectivity index (χ3n) is 3.06. The lowest BCUT2D eigenvalue weighted by molar-refractivity contribution is 0.304. The first-order valence-electron chi connectivity index (χ1n) is 5.99. The van der Waals surface area contributed by atoms with E-state index in [1.165, 1.54) is 0 Å². The van der Waals surface area contributed by atoms with Crippen LogP contribution in [0.3, 0.4) is 0 Å². The summed E-state index contributed by atoms with van der Waals surface area (Å²) in [7, 11) is 0. The summed E-state index contributed by atoms with van der Waals surface area (Å²) in [5.74, 6) is 0.307. The molecule has 0 aliphatic heterocycles. The van der Waals surface area contributed by atoms with Crippen LogP contribution in [0.5, 0.6) is 0 Å². The fraction of sp³-hybridized carbons (Fsp3) is 0.917. The van der Waals surface area contributed by atoms with E-state index < -0.39 is 0 Å². The molecule has 5 heteroatoms. The van der Waals surface area contributed by atoms with Gasteiger partial charge >= 0.3 is 0 Å². The number of thioether (sulfide) groups is 1. The van der Waals surface area contributed by atoms with Gasteiger partial charge < -0.3 is 16.3 Å². The van der Waals surface area contributed by atoms with Crippen LogP contribution in [0.2, 0.25) is 0 Å². The number of oxime groups is 1. The minimum Gasteiger partial charge on any atom is -0.409 e. The van der Waals surface area contributed by atoms with Crippen molar-refractivity contribution in [3.63, 3.8) is 0 Å². The van der Waals surface area contributed by atoms with Gasteiger partial charge in [-0.2, -0.15) is 11.8 Å². The van der Waals surface area contributed by atoms with Crippen molar-refractivity contribution < 1.29 is 5.21 Å². The van der Waals surface area contributed by atoms with Gasteiger partial charge in [0.1, 0.15) is 5.84 Å². The molecule has 4 N–H and O–H groups in total. The minimum absolute atomic E-state index is 0.231. The van der Waals surface area contributed by atoms with Crippen LogP contribution in [0.15, 0.2) is 5.16 Å². The topological polar surface area (TPSA) is 70.6 Å². The summed E-state index contributed by atoms with van der Waals surface area (Å²) in [5, 5.41) is 15.2. The van der Waals surface area contributed by atoms with Gasteiger partial charge in [0, 0.05) is 16.7 Å². The standard InChI is InChI=1S/C12H27N3OS/c1-11(2,10(13)15-16)7-6-8-14-9-12(3,4)17-5/h14,16H,6-9H2,1-5H3,(H2,13,15). The Morgan fingerprint density at radius 1 is 1.35 bits per heavy atom. The van der Waals surface area contributed by atoms with Crippen LogP contribution < -0.4 is 11.1 Å². The van der Waals surface area contributed by atoms with Crippen molar-refractivity contribution in [3.8, 4) is 0 Å². The van der Waals surface area contributed by atoms with E-state index in [1.54, 1.807) is 0 Å². The van der Waals surface area contributed by atoms with Crippen molar-refractivity contribution in [1.82, 2.24) is 5.32 Å². The summed E-state index contributed by atoms with van der Waals surface area (Å²) < 4.78 is 0.279. The molecule has 0 aliphatic rings. The van der Waals surface area contributed by atoms with E-state index in [0.29, 0.717) is 5.84 Å². The van der Waals surface area contributed by atoms with E-state index in [0.717, 1.165) is 25.9 Å². The maximum atomic E-state index is 8.66. The molecule has 0 heterocycles. The first-order chi connectivity index (χ1) is 7.75. The molecule has 0 rings (SSSR count). The number of nitrogens with two attached hydrogens (primary N) is 1. The van der Waals surface area contributed by atoms with Gasteiger partial charge in [0.2, 0.25) is 0 Å². The van der Waals surface area contributed by atoms with Crippen molar-refractivity contribution in [2.45, 2.75) is 45.3 Å². The Morgan fingerprint density at radius 3 is 2.41 bits per heavy atom. The second-order valence-corrected chi connectivity index (χ2v) is 7.13. The third kappa shape index (κ3) is 6.78. The van der Waals surface area contributed by atoms with Crippen LogP contribution in [-0.4, -0.2) is 35.1 Å². The molecule has 0 aromatic heterocycles. The van der Waals surface area contributed by atoms with Crippen LogP contribution in [-0.2, 0) is 0 Å². The number of hydrogen-bond acceptors (Lipinski definition) is 4. The lowest BCUT2D eigenvalue weighted by Gasteiger charge is -2.24.